The number of morpholine rings is 1. The molecule has 1 aromatic heterocycles. The maximum Gasteiger partial charge on any atom is 0.322 e. The van der Waals surface area contributed by atoms with E-state index in [0.29, 0.717) is 25.4 Å². The van der Waals surface area contributed by atoms with Gasteiger partial charge in [-0.3, -0.25) is 0 Å². The Morgan fingerprint density at radius 2 is 1.69 bits per heavy atom. The van der Waals surface area contributed by atoms with E-state index in [-0.39, 0.29) is 18.2 Å². The number of urea groups is 1. The number of rotatable bonds is 4. The van der Waals surface area contributed by atoms with Gasteiger partial charge in [0.2, 0.25) is 0 Å². The molecule has 5 rings (SSSR count). The normalized spacial score (nSPS) is 19.8. The molecule has 0 spiro atoms. The summed E-state index contributed by atoms with van der Waals surface area (Å²) in [5.74, 6) is 2.11. The van der Waals surface area contributed by atoms with Crippen LogP contribution in [-0.2, 0) is 17.7 Å². The first-order valence-electron chi connectivity index (χ1n) is 12.9. The summed E-state index contributed by atoms with van der Waals surface area (Å²) in [5.41, 5.74) is 5.12. The molecule has 2 atom stereocenters. The third-order valence-corrected chi connectivity index (χ3v) is 6.91. The number of aromatic nitrogens is 2. The van der Waals surface area contributed by atoms with E-state index in [0.717, 1.165) is 47.2 Å². The van der Waals surface area contributed by atoms with Crippen molar-refractivity contribution in [3.8, 4) is 11.4 Å². The molecule has 1 fully saturated rings. The Balaban J connectivity index is 1.43. The van der Waals surface area contributed by atoms with Gasteiger partial charge in [-0.25, -0.2) is 14.8 Å². The van der Waals surface area contributed by atoms with Gasteiger partial charge < -0.3 is 19.9 Å². The molecule has 0 radical (unpaired) electrons. The monoisotopic (exact) mass is 485 g/mol. The first-order valence-corrected chi connectivity index (χ1v) is 12.9. The van der Waals surface area contributed by atoms with Crippen molar-refractivity contribution in [1.29, 1.82) is 0 Å². The summed E-state index contributed by atoms with van der Waals surface area (Å²) in [4.78, 5) is 27.4. The van der Waals surface area contributed by atoms with Crippen molar-refractivity contribution in [3.63, 3.8) is 0 Å². The molecule has 7 heteroatoms. The molecule has 3 heterocycles. The molecule has 1 N–H and O–H groups in total. The average molecular weight is 486 g/mol. The van der Waals surface area contributed by atoms with Crippen molar-refractivity contribution in [1.82, 2.24) is 14.9 Å². The second-order valence-electron chi connectivity index (χ2n) is 10.2. The molecular weight excluding hydrogens is 450 g/mol. The topological polar surface area (TPSA) is 70.6 Å². The van der Waals surface area contributed by atoms with Crippen LogP contribution in [0.15, 0.2) is 54.6 Å². The number of ether oxygens (including phenoxy) is 1. The minimum Gasteiger partial charge on any atom is -0.372 e. The second-order valence-corrected chi connectivity index (χ2v) is 10.2. The summed E-state index contributed by atoms with van der Waals surface area (Å²) < 4.78 is 5.99. The van der Waals surface area contributed by atoms with Gasteiger partial charge in [-0.05, 0) is 37.5 Å². The van der Waals surface area contributed by atoms with Gasteiger partial charge in [0.05, 0.1) is 24.4 Å². The lowest BCUT2D eigenvalue weighted by Gasteiger charge is -2.39. The highest BCUT2D eigenvalue weighted by molar-refractivity contribution is 5.89. The highest BCUT2D eigenvalue weighted by atomic mass is 16.5. The van der Waals surface area contributed by atoms with Crippen LogP contribution < -0.4 is 10.2 Å². The number of carbonyl (C=O) groups excluding carboxylic acids is 1. The number of hydrogen-bond donors (Lipinski definition) is 1. The molecule has 36 heavy (non-hydrogen) atoms. The first kappa shape index (κ1) is 24.3. The van der Waals surface area contributed by atoms with Gasteiger partial charge in [-0.15, -0.1) is 0 Å². The summed E-state index contributed by atoms with van der Waals surface area (Å²) in [6, 6.07) is 18.1. The van der Waals surface area contributed by atoms with E-state index in [2.05, 4.69) is 50.0 Å². The molecule has 2 aliphatic heterocycles. The van der Waals surface area contributed by atoms with Crippen molar-refractivity contribution in [2.45, 2.75) is 58.8 Å². The predicted molar refractivity (Wildman–Crippen MR) is 143 cm³/mol. The standard InChI is InChI=1S/C29H35N5O2/c1-19(2)22-10-12-24(13-11-22)30-29(35)33-15-14-26-25(18-33)28(34-16-20(3)36-21(4)17-34)32-27(31-26)23-8-6-5-7-9-23/h5-13,19-21H,14-18H2,1-4H3,(H,30,35). The molecule has 1 saturated heterocycles. The van der Waals surface area contributed by atoms with Gasteiger partial charge in [0.1, 0.15) is 5.82 Å². The Morgan fingerprint density at radius 1 is 1.00 bits per heavy atom. The lowest BCUT2D eigenvalue weighted by molar-refractivity contribution is -0.00556. The molecule has 2 unspecified atom stereocenters. The van der Waals surface area contributed by atoms with Crippen molar-refractivity contribution >= 4 is 17.5 Å². The number of nitrogens with zero attached hydrogens (tertiary/aromatic N) is 4. The molecular formula is C29H35N5O2. The van der Waals surface area contributed by atoms with Gasteiger partial charge in [0.15, 0.2) is 5.82 Å². The number of benzene rings is 2. The molecule has 0 bridgehead atoms. The minimum absolute atomic E-state index is 0.0975. The SMILES string of the molecule is CC1CN(c2nc(-c3ccccc3)nc3c2CN(C(=O)Nc2ccc(C(C)C)cc2)CC3)CC(C)O1. The van der Waals surface area contributed by atoms with E-state index in [4.69, 9.17) is 14.7 Å². The van der Waals surface area contributed by atoms with E-state index in [9.17, 15) is 4.79 Å². The van der Waals surface area contributed by atoms with Crippen LogP contribution in [-0.4, -0.2) is 52.7 Å². The molecule has 3 aromatic rings. The van der Waals surface area contributed by atoms with E-state index in [1.54, 1.807) is 0 Å². The molecule has 0 aliphatic carbocycles. The first-order chi connectivity index (χ1) is 17.4. The van der Waals surface area contributed by atoms with Gasteiger partial charge in [-0.2, -0.15) is 0 Å². The lowest BCUT2D eigenvalue weighted by Crippen LogP contribution is -2.47. The van der Waals surface area contributed by atoms with Gasteiger partial charge >= 0.3 is 6.03 Å². The quantitative estimate of drug-likeness (QED) is 0.531. The average Bonchev–Trinajstić information content (AvgIpc) is 2.88. The van der Waals surface area contributed by atoms with Crippen molar-refractivity contribution < 1.29 is 9.53 Å². The summed E-state index contributed by atoms with van der Waals surface area (Å²) in [6.07, 6.45) is 0.910. The summed E-state index contributed by atoms with van der Waals surface area (Å²) in [6.45, 7) is 11.1. The van der Waals surface area contributed by atoms with Crippen LogP contribution in [0.25, 0.3) is 11.4 Å². The lowest BCUT2D eigenvalue weighted by atomic mass is 10.0. The third kappa shape index (κ3) is 5.21. The van der Waals surface area contributed by atoms with Gasteiger partial charge in [0, 0.05) is 42.9 Å². The zero-order valence-corrected chi connectivity index (χ0v) is 21.6. The zero-order valence-electron chi connectivity index (χ0n) is 21.6. The number of amides is 2. The largest absolute Gasteiger partial charge is 0.372 e. The number of hydrogen-bond acceptors (Lipinski definition) is 5. The fourth-order valence-corrected chi connectivity index (χ4v) is 5.05. The van der Waals surface area contributed by atoms with Crippen LogP contribution in [0.3, 0.4) is 0 Å². The van der Waals surface area contributed by atoms with E-state index in [1.165, 1.54) is 5.56 Å². The van der Waals surface area contributed by atoms with Crippen LogP contribution in [0.5, 0.6) is 0 Å². The molecule has 2 aliphatic rings. The van der Waals surface area contributed by atoms with Gasteiger partial charge in [-0.1, -0.05) is 56.3 Å². The minimum atomic E-state index is -0.0975. The Morgan fingerprint density at radius 3 is 2.36 bits per heavy atom. The van der Waals surface area contributed by atoms with Crippen molar-refractivity contribution in [3.05, 3.63) is 71.4 Å². The smallest absolute Gasteiger partial charge is 0.322 e. The number of fused-ring (bicyclic) bond motifs is 1. The highest BCUT2D eigenvalue weighted by Crippen LogP contribution is 2.31. The van der Waals surface area contributed by atoms with Crippen LogP contribution in [0.1, 0.15) is 50.4 Å². The van der Waals surface area contributed by atoms with E-state index >= 15 is 0 Å². The van der Waals surface area contributed by atoms with E-state index < -0.39 is 0 Å². The Kier molecular flexibility index (Phi) is 6.92. The van der Waals surface area contributed by atoms with Crippen LogP contribution >= 0.6 is 0 Å². The maximum atomic E-state index is 13.2. The van der Waals surface area contributed by atoms with Gasteiger partial charge in [0.25, 0.3) is 0 Å². The van der Waals surface area contributed by atoms with Crippen LogP contribution in [0, 0.1) is 0 Å². The number of anilines is 2. The zero-order chi connectivity index (χ0) is 25.2. The molecule has 2 amide bonds. The van der Waals surface area contributed by atoms with Crippen LogP contribution in [0.4, 0.5) is 16.3 Å². The third-order valence-electron chi connectivity index (χ3n) is 6.91. The van der Waals surface area contributed by atoms with E-state index in [1.807, 2.05) is 47.4 Å². The number of nitrogens with one attached hydrogen (secondary N) is 1. The molecule has 188 valence electrons. The maximum absolute atomic E-state index is 13.2. The van der Waals surface area contributed by atoms with Crippen molar-refractivity contribution in [2.24, 2.45) is 0 Å². The fourth-order valence-electron chi connectivity index (χ4n) is 5.05. The second kappa shape index (κ2) is 10.3. The predicted octanol–water partition coefficient (Wildman–Crippen LogP) is 5.47. The Bertz CT molecular complexity index is 1200. The van der Waals surface area contributed by atoms with Crippen LogP contribution in [0.2, 0.25) is 0 Å². The highest BCUT2D eigenvalue weighted by Gasteiger charge is 2.31. The Labute approximate surface area is 213 Å². The molecule has 7 nitrogen and oxygen atoms in total. The number of carbonyl (C=O) groups is 1. The molecule has 2 aromatic carbocycles. The van der Waals surface area contributed by atoms with Crippen molar-refractivity contribution in [2.75, 3.05) is 29.9 Å². The molecule has 0 saturated carbocycles. The summed E-state index contributed by atoms with van der Waals surface area (Å²) in [7, 11) is 0. The summed E-state index contributed by atoms with van der Waals surface area (Å²) >= 11 is 0. The summed E-state index contributed by atoms with van der Waals surface area (Å²) in [5, 5.41) is 3.07. The fraction of sp³-hybridized carbons (Fsp3) is 0.414. The Hall–Kier alpha value is -3.45.